The Bertz CT molecular complexity index is 1130. The van der Waals surface area contributed by atoms with E-state index in [9.17, 15) is 18.0 Å². The van der Waals surface area contributed by atoms with E-state index in [-0.39, 0.29) is 17.3 Å². The fourth-order valence-corrected chi connectivity index (χ4v) is 2.73. The van der Waals surface area contributed by atoms with E-state index >= 15 is 0 Å². The van der Waals surface area contributed by atoms with Crippen molar-refractivity contribution in [2.24, 2.45) is 10.7 Å². The van der Waals surface area contributed by atoms with Gasteiger partial charge in [-0.15, -0.1) is 10.2 Å². The molecular weight excluding hydrogens is 477 g/mol. The second-order valence-corrected chi connectivity index (χ2v) is 6.99. The Morgan fingerprint density at radius 1 is 1.10 bits per heavy atom. The third-order valence-corrected chi connectivity index (χ3v) is 4.28. The van der Waals surface area contributed by atoms with Crippen molar-refractivity contribution in [1.82, 2.24) is 15.2 Å². The summed E-state index contributed by atoms with van der Waals surface area (Å²) in [5.41, 5.74) is 5.02. The minimum atomic E-state index is -4.78. The molecule has 7 nitrogen and oxygen atoms in total. The maximum Gasteiger partial charge on any atom is 0.433 e. The van der Waals surface area contributed by atoms with Crippen molar-refractivity contribution in [3.05, 3.63) is 82.6 Å². The van der Waals surface area contributed by atoms with E-state index in [1.165, 1.54) is 30.6 Å². The maximum atomic E-state index is 13.4. The van der Waals surface area contributed by atoms with Gasteiger partial charge in [-0.3, -0.25) is 9.78 Å². The maximum absolute atomic E-state index is 13.4. The number of aliphatic imine (C=N–C) groups is 1. The number of anilines is 1. The van der Waals surface area contributed by atoms with E-state index in [1.54, 1.807) is 30.3 Å². The molecule has 1 amide bonds. The van der Waals surface area contributed by atoms with E-state index in [4.69, 9.17) is 5.73 Å². The monoisotopic (exact) mass is 490 g/mol. The number of nitrogens with one attached hydrogen (secondary N) is 1. The van der Waals surface area contributed by atoms with Gasteiger partial charge in [0, 0.05) is 33.7 Å². The zero-order valence-corrected chi connectivity index (χ0v) is 17.2. The predicted molar refractivity (Wildman–Crippen MR) is 114 cm³/mol. The van der Waals surface area contributed by atoms with Gasteiger partial charge in [-0.2, -0.15) is 13.2 Å². The van der Waals surface area contributed by atoms with Gasteiger partial charge in [-0.05, 0) is 48.5 Å². The number of halogens is 4. The minimum Gasteiger partial charge on any atom is -0.398 e. The molecule has 3 aromatic rings. The third kappa shape index (κ3) is 6.19. The first-order valence-electron chi connectivity index (χ1n) is 8.66. The number of alkyl halides is 3. The standard InChI is InChI=1S/C20H14BrF3N6O/c21-14-5-1-3-12(9-14)19(31)28-18-7-6-17(29-30-18)27-16(20(22,23)24)10-15(25)13-4-2-8-26-11-13/h1-11H,25H2,(H,28,30,31). The first-order valence-corrected chi connectivity index (χ1v) is 9.46. The van der Waals surface area contributed by atoms with Crippen LogP contribution >= 0.6 is 15.9 Å². The molecule has 0 atom stereocenters. The molecule has 0 aliphatic heterocycles. The highest BCUT2D eigenvalue weighted by Gasteiger charge is 2.34. The highest BCUT2D eigenvalue weighted by molar-refractivity contribution is 9.10. The summed E-state index contributed by atoms with van der Waals surface area (Å²) in [6.07, 6.45) is -1.27. The molecule has 0 unspecified atom stereocenters. The molecule has 0 fully saturated rings. The van der Waals surface area contributed by atoms with Crippen molar-refractivity contribution < 1.29 is 18.0 Å². The Morgan fingerprint density at radius 2 is 1.87 bits per heavy atom. The topological polar surface area (TPSA) is 106 Å². The zero-order valence-electron chi connectivity index (χ0n) is 15.6. The first-order chi connectivity index (χ1) is 14.7. The number of aromatic nitrogens is 3. The molecule has 11 heteroatoms. The minimum absolute atomic E-state index is 0.0582. The Hall–Kier alpha value is -3.60. The molecule has 2 heterocycles. The predicted octanol–water partition coefficient (Wildman–Crippen LogP) is 4.52. The van der Waals surface area contributed by atoms with Gasteiger partial charge in [-0.25, -0.2) is 4.99 Å². The molecule has 0 bridgehead atoms. The van der Waals surface area contributed by atoms with E-state index in [2.05, 4.69) is 41.4 Å². The van der Waals surface area contributed by atoms with Crippen molar-refractivity contribution in [3.8, 4) is 0 Å². The van der Waals surface area contributed by atoms with E-state index in [0.717, 1.165) is 0 Å². The molecule has 3 rings (SSSR count). The van der Waals surface area contributed by atoms with Crippen LogP contribution in [0.3, 0.4) is 0 Å². The number of rotatable bonds is 5. The molecule has 2 aromatic heterocycles. The molecule has 3 N–H and O–H groups in total. The van der Waals surface area contributed by atoms with Crippen LogP contribution in [0.25, 0.3) is 5.70 Å². The van der Waals surface area contributed by atoms with Crippen LogP contribution in [0.2, 0.25) is 0 Å². The van der Waals surface area contributed by atoms with Crippen LogP contribution in [0.15, 0.2) is 76.5 Å². The lowest BCUT2D eigenvalue weighted by molar-refractivity contribution is -0.0576. The average molecular weight is 491 g/mol. The summed E-state index contributed by atoms with van der Waals surface area (Å²) < 4.78 is 40.9. The van der Waals surface area contributed by atoms with Gasteiger partial charge in [-0.1, -0.05) is 22.0 Å². The molecule has 158 valence electrons. The molecule has 0 radical (unpaired) electrons. The summed E-state index contributed by atoms with van der Waals surface area (Å²) >= 11 is 3.26. The molecule has 1 aromatic carbocycles. The van der Waals surface area contributed by atoms with Crippen molar-refractivity contribution in [2.45, 2.75) is 6.18 Å². The zero-order chi connectivity index (χ0) is 22.4. The number of amides is 1. The largest absolute Gasteiger partial charge is 0.433 e. The number of carbonyl (C=O) groups is 1. The third-order valence-electron chi connectivity index (χ3n) is 3.79. The number of allylic oxidation sites excluding steroid dienone is 1. The summed E-state index contributed by atoms with van der Waals surface area (Å²) in [6.45, 7) is 0. The lowest BCUT2D eigenvalue weighted by Gasteiger charge is -2.09. The van der Waals surface area contributed by atoms with Gasteiger partial charge in [0.25, 0.3) is 5.91 Å². The van der Waals surface area contributed by atoms with Crippen molar-refractivity contribution in [3.63, 3.8) is 0 Å². The molecule has 0 aliphatic rings. The molecule has 0 aliphatic carbocycles. The molecule has 31 heavy (non-hydrogen) atoms. The van der Waals surface area contributed by atoms with Crippen LogP contribution in [-0.2, 0) is 0 Å². The fraction of sp³-hybridized carbons (Fsp3) is 0.0500. The molecular formula is C20H14BrF3N6O. The van der Waals surface area contributed by atoms with E-state index in [0.29, 0.717) is 21.7 Å². The average Bonchev–Trinajstić information content (AvgIpc) is 2.74. The second-order valence-electron chi connectivity index (χ2n) is 6.08. The van der Waals surface area contributed by atoms with Gasteiger partial charge in [0.1, 0.15) is 5.71 Å². The summed E-state index contributed by atoms with van der Waals surface area (Å²) in [7, 11) is 0. The Labute approximate surface area is 183 Å². The van der Waals surface area contributed by atoms with Crippen LogP contribution < -0.4 is 11.1 Å². The quantitative estimate of drug-likeness (QED) is 0.511. The highest BCUT2D eigenvalue weighted by atomic mass is 79.9. The molecule has 0 saturated carbocycles. The number of nitrogens with two attached hydrogens (primary N) is 1. The van der Waals surface area contributed by atoms with E-state index in [1.807, 2.05) is 0 Å². The smallest absolute Gasteiger partial charge is 0.398 e. The lowest BCUT2D eigenvalue weighted by atomic mass is 10.2. The van der Waals surface area contributed by atoms with Crippen molar-refractivity contribution >= 4 is 44.9 Å². The summed E-state index contributed by atoms with van der Waals surface area (Å²) in [5.74, 6) is -0.694. The lowest BCUT2D eigenvalue weighted by Crippen LogP contribution is -2.22. The van der Waals surface area contributed by atoms with Crippen LogP contribution in [-0.4, -0.2) is 33.0 Å². The van der Waals surface area contributed by atoms with E-state index < -0.39 is 17.8 Å². The van der Waals surface area contributed by atoms with Crippen molar-refractivity contribution in [1.29, 1.82) is 0 Å². The Balaban J connectivity index is 1.81. The van der Waals surface area contributed by atoms with Crippen LogP contribution in [0.5, 0.6) is 0 Å². The van der Waals surface area contributed by atoms with Gasteiger partial charge in [0.05, 0.1) is 0 Å². The number of carbonyl (C=O) groups excluding carboxylic acids is 1. The number of hydrogen-bond acceptors (Lipinski definition) is 6. The summed E-state index contributed by atoms with van der Waals surface area (Å²) in [6, 6.07) is 12.2. The van der Waals surface area contributed by atoms with Crippen molar-refractivity contribution in [2.75, 3.05) is 5.32 Å². The Morgan fingerprint density at radius 3 is 2.48 bits per heavy atom. The normalized spacial score (nSPS) is 12.5. The summed E-state index contributed by atoms with van der Waals surface area (Å²) in [4.78, 5) is 19.5. The SMILES string of the molecule is NC(=CC(=Nc1ccc(NC(=O)c2cccc(Br)c2)nn1)C(F)(F)F)c1cccnc1. The Kier molecular flexibility index (Phi) is 6.75. The second kappa shape index (κ2) is 9.47. The summed E-state index contributed by atoms with van der Waals surface area (Å²) in [5, 5.41) is 9.85. The van der Waals surface area contributed by atoms with Crippen LogP contribution in [0.4, 0.5) is 24.8 Å². The highest BCUT2D eigenvalue weighted by Crippen LogP contribution is 2.23. The number of benzene rings is 1. The van der Waals surface area contributed by atoms with Crippen LogP contribution in [0.1, 0.15) is 15.9 Å². The number of nitrogens with zero attached hydrogens (tertiary/aromatic N) is 4. The van der Waals surface area contributed by atoms with Gasteiger partial charge in [0.15, 0.2) is 11.6 Å². The fourth-order valence-electron chi connectivity index (χ4n) is 2.33. The van der Waals surface area contributed by atoms with Gasteiger partial charge < -0.3 is 11.1 Å². The number of hydrogen-bond donors (Lipinski definition) is 2. The number of pyridine rings is 1. The van der Waals surface area contributed by atoms with Crippen LogP contribution in [0, 0.1) is 0 Å². The molecule has 0 saturated heterocycles. The first kappa shape index (κ1) is 22.1. The van der Waals surface area contributed by atoms with Gasteiger partial charge in [0.2, 0.25) is 0 Å². The van der Waals surface area contributed by atoms with Gasteiger partial charge >= 0.3 is 6.18 Å². The molecule has 0 spiro atoms.